The van der Waals surface area contributed by atoms with E-state index in [9.17, 15) is 0 Å². The molecule has 0 unspecified atom stereocenters. The van der Waals surface area contributed by atoms with Crippen molar-refractivity contribution in [3.05, 3.63) is 69.9 Å². The molecule has 23 heavy (non-hydrogen) atoms. The number of hydrogen-bond donors (Lipinski definition) is 0. The Kier molecular flexibility index (Phi) is 5.16. The predicted octanol–water partition coefficient (Wildman–Crippen LogP) is 4.79. The lowest BCUT2D eigenvalue weighted by atomic mass is 9.98. The van der Waals surface area contributed by atoms with E-state index in [1.165, 1.54) is 22.3 Å². The summed E-state index contributed by atoms with van der Waals surface area (Å²) in [6.07, 6.45) is 4.69. The molecule has 4 heteroatoms. The second-order valence-corrected chi connectivity index (χ2v) is 6.48. The second kappa shape index (κ2) is 7.49. The molecule has 0 aliphatic rings. The molecule has 2 aromatic heterocycles. The van der Waals surface area contributed by atoms with Gasteiger partial charge in [0.05, 0.1) is 23.6 Å². The molecule has 0 bridgehead atoms. The first-order chi connectivity index (χ1) is 11.3. The molecule has 0 spiro atoms. The van der Waals surface area contributed by atoms with Crippen LogP contribution < -0.4 is 0 Å². The average Bonchev–Trinajstić information content (AvgIpc) is 3.09. The number of aromatic nitrogens is 2. The average molecular weight is 324 g/mol. The smallest absolute Gasteiger partial charge is 0.0830 e. The zero-order valence-corrected chi connectivity index (χ0v) is 14.3. The molecule has 0 saturated carbocycles. The lowest BCUT2D eigenvalue weighted by molar-refractivity contribution is 0.109. The number of aryl methyl sites for hydroxylation is 2. The van der Waals surface area contributed by atoms with E-state index in [0.29, 0.717) is 13.2 Å². The van der Waals surface area contributed by atoms with Crippen LogP contribution in [0.3, 0.4) is 0 Å². The fourth-order valence-corrected chi connectivity index (χ4v) is 3.03. The summed E-state index contributed by atoms with van der Waals surface area (Å²) in [7, 11) is 0. The number of benzene rings is 1. The minimum atomic E-state index is 0.595. The van der Waals surface area contributed by atoms with E-state index in [2.05, 4.69) is 54.1 Å². The van der Waals surface area contributed by atoms with Gasteiger partial charge in [0.1, 0.15) is 0 Å². The molecule has 118 valence electrons. The number of pyridine rings is 1. The SMILES string of the molecule is CCc1cc(-c2cc(C)ccc2COCc2cncs2)ccn1. The lowest BCUT2D eigenvalue weighted by Crippen LogP contribution is -1.97. The number of nitrogens with zero attached hydrogens (tertiary/aromatic N) is 2. The van der Waals surface area contributed by atoms with E-state index >= 15 is 0 Å². The van der Waals surface area contributed by atoms with Crippen LogP contribution in [-0.2, 0) is 24.4 Å². The third kappa shape index (κ3) is 4.03. The first-order valence-electron chi connectivity index (χ1n) is 7.76. The lowest BCUT2D eigenvalue weighted by Gasteiger charge is -2.12. The minimum absolute atomic E-state index is 0.595. The molecule has 0 atom stereocenters. The van der Waals surface area contributed by atoms with Crippen LogP contribution >= 0.6 is 11.3 Å². The van der Waals surface area contributed by atoms with Crippen molar-refractivity contribution in [2.45, 2.75) is 33.5 Å². The third-order valence-electron chi connectivity index (χ3n) is 3.74. The highest BCUT2D eigenvalue weighted by Gasteiger charge is 2.07. The van der Waals surface area contributed by atoms with E-state index in [-0.39, 0.29) is 0 Å². The summed E-state index contributed by atoms with van der Waals surface area (Å²) in [5.74, 6) is 0. The Morgan fingerprint density at radius 2 is 2.04 bits per heavy atom. The summed E-state index contributed by atoms with van der Waals surface area (Å²) >= 11 is 1.62. The highest BCUT2D eigenvalue weighted by atomic mass is 32.1. The van der Waals surface area contributed by atoms with Crippen molar-refractivity contribution in [3.63, 3.8) is 0 Å². The van der Waals surface area contributed by atoms with Gasteiger partial charge < -0.3 is 4.74 Å². The normalized spacial score (nSPS) is 10.9. The van der Waals surface area contributed by atoms with E-state index in [1.54, 1.807) is 11.3 Å². The quantitative estimate of drug-likeness (QED) is 0.654. The van der Waals surface area contributed by atoms with E-state index in [0.717, 1.165) is 17.0 Å². The molecule has 0 N–H and O–H groups in total. The Morgan fingerprint density at radius 3 is 2.83 bits per heavy atom. The number of ether oxygens (including phenoxy) is 1. The molecular weight excluding hydrogens is 304 g/mol. The van der Waals surface area contributed by atoms with Gasteiger partial charge in [-0.2, -0.15) is 0 Å². The Labute approximate surface area is 141 Å². The summed E-state index contributed by atoms with van der Waals surface area (Å²) in [5.41, 5.74) is 7.83. The van der Waals surface area contributed by atoms with Crippen molar-refractivity contribution in [2.24, 2.45) is 0 Å². The summed E-state index contributed by atoms with van der Waals surface area (Å²) in [6, 6.07) is 10.8. The molecule has 3 rings (SSSR count). The zero-order chi connectivity index (χ0) is 16.1. The molecule has 3 nitrogen and oxygen atoms in total. The van der Waals surface area contributed by atoms with Crippen LogP contribution in [0.2, 0.25) is 0 Å². The Balaban J connectivity index is 1.82. The molecule has 2 heterocycles. The first kappa shape index (κ1) is 15.8. The van der Waals surface area contributed by atoms with Gasteiger partial charge in [-0.3, -0.25) is 9.97 Å². The molecule has 0 aliphatic heterocycles. The standard InChI is InChI=1S/C19H20N2OS/c1-3-17-9-15(6-7-21-17)19-8-14(2)4-5-16(19)11-22-12-18-10-20-13-23-18/h4-10,13H,3,11-12H2,1-2H3. The maximum absolute atomic E-state index is 5.88. The Hall–Kier alpha value is -2.04. The van der Waals surface area contributed by atoms with Crippen LogP contribution in [0.5, 0.6) is 0 Å². The predicted molar refractivity (Wildman–Crippen MR) is 94.4 cm³/mol. The summed E-state index contributed by atoms with van der Waals surface area (Å²) < 4.78 is 5.88. The fraction of sp³-hybridized carbons (Fsp3) is 0.263. The minimum Gasteiger partial charge on any atom is -0.371 e. The maximum Gasteiger partial charge on any atom is 0.0830 e. The maximum atomic E-state index is 5.88. The largest absolute Gasteiger partial charge is 0.371 e. The number of hydrogen-bond acceptors (Lipinski definition) is 4. The summed E-state index contributed by atoms with van der Waals surface area (Å²) in [4.78, 5) is 9.62. The molecule has 1 aromatic carbocycles. The highest BCUT2D eigenvalue weighted by Crippen LogP contribution is 2.26. The van der Waals surface area contributed by atoms with Crippen LogP contribution in [0.4, 0.5) is 0 Å². The fourth-order valence-electron chi connectivity index (χ4n) is 2.50. The van der Waals surface area contributed by atoms with Gasteiger partial charge in [0.2, 0.25) is 0 Å². The highest BCUT2D eigenvalue weighted by molar-refractivity contribution is 7.09. The van der Waals surface area contributed by atoms with E-state index < -0.39 is 0 Å². The van der Waals surface area contributed by atoms with E-state index in [4.69, 9.17) is 4.74 Å². The molecule has 0 radical (unpaired) electrons. The zero-order valence-electron chi connectivity index (χ0n) is 13.5. The van der Waals surface area contributed by atoms with Crippen LogP contribution in [-0.4, -0.2) is 9.97 Å². The van der Waals surface area contributed by atoms with Crippen LogP contribution in [0.25, 0.3) is 11.1 Å². The topological polar surface area (TPSA) is 35.0 Å². The van der Waals surface area contributed by atoms with Crippen molar-refractivity contribution in [3.8, 4) is 11.1 Å². The Bertz CT molecular complexity index is 769. The molecular formula is C19H20N2OS. The molecule has 0 amide bonds. The molecule has 3 aromatic rings. The monoisotopic (exact) mass is 324 g/mol. The van der Waals surface area contributed by atoms with Crippen molar-refractivity contribution in [2.75, 3.05) is 0 Å². The summed E-state index contributed by atoms with van der Waals surface area (Å²) in [5, 5.41) is 0. The van der Waals surface area contributed by atoms with Gasteiger partial charge in [0, 0.05) is 18.1 Å². The number of rotatable bonds is 6. The van der Waals surface area contributed by atoms with Crippen LogP contribution in [0.15, 0.2) is 48.2 Å². The van der Waals surface area contributed by atoms with Crippen LogP contribution in [0.1, 0.15) is 28.6 Å². The van der Waals surface area contributed by atoms with Crippen molar-refractivity contribution in [1.82, 2.24) is 9.97 Å². The van der Waals surface area contributed by atoms with Gasteiger partial charge in [-0.25, -0.2) is 0 Å². The summed E-state index contributed by atoms with van der Waals surface area (Å²) in [6.45, 7) is 5.45. The third-order valence-corrected chi connectivity index (χ3v) is 4.49. The van der Waals surface area contributed by atoms with Gasteiger partial charge in [0.15, 0.2) is 0 Å². The van der Waals surface area contributed by atoms with E-state index in [1.807, 2.05) is 17.9 Å². The van der Waals surface area contributed by atoms with Crippen molar-refractivity contribution in [1.29, 1.82) is 0 Å². The van der Waals surface area contributed by atoms with Crippen molar-refractivity contribution >= 4 is 11.3 Å². The molecule has 0 saturated heterocycles. The number of thiazole rings is 1. The molecule has 0 fully saturated rings. The van der Waals surface area contributed by atoms with Gasteiger partial charge in [0.25, 0.3) is 0 Å². The molecule has 0 aliphatic carbocycles. The van der Waals surface area contributed by atoms with Gasteiger partial charge in [-0.15, -0.1) is 11.3 Å². The first-order valence-corrected chi connectivity index (χ1v) is 8.64. The van der Waals surface area contributed by atoms with Gasteiger partial charge in [-0.1, -0.05) is 30.7 Å². The van der Waals surface area contributed by atoms with Gasteiger partial charge in [-0.05, 0) is 42.2 Å². The second-order valence-electron chi connectivity index (χ2n) is 5.51. The van der Waals surface area contributed by atoms with Gasteiger partial charge >= 0.3 is 0 Å². The van der Waals surface area contributed by atoms with Crippen LogP contribution in [0, 0.1) is 6.92 Å². The van der Waals surface area contributed by atoms with Crippen molar-refractivity contribution < 1.29 is 4.74 Å². The Morgan fingerprint density at radius 1 is 1.13 bits per heavy atom.